The second kappa shape index (κ2) is 5.28. The van der Waals surface area contributed by atoms with Gasteiger partial charge in [0.1, 0.15) is 0 Å². The summed E-state index contributed by atoms with van der Waals surface area (Å²) < 4.78 is 31.2. The van der Waals surface area contributed by atoms with Crippen LogP contribution < -0.4 is 5.73 Å². The molecule has 3 N–H and O–H groups in total. The van der Waals surface area contributed by atoms with Crippen LogP contribution in [0.3, 0.4) is 0 Å². The summed E-state index contributed by atoms with van der Waals surface area (Å²) in [5.74, 6) is 0.229. The minimum absolute atomic E-state index is 0.0874. The number of anilines is 1. The van der Waals surface area contributed by atoms with Crippen molar-refractivity contribution in [2.45, 2.75) is 31.0 Å². The number of halogens is 1. The first-order valence-electron chi connectivity index (χ1n) is 7.49. The van der Waals surface area contributed by atoms with E-state index in [2.05, 4.69) is 15.0 Å². The normalized spacial score (nSPS) is 42.2. The van der Waals surface area contributed by atoms with E-state index in [1.807, 2.05) is 0 Å². The van der Waals surface area contributed by atoms with Crippen LogP contribution in [0.2, 0.25) is 0 Å². The first-order valence-corrected chi connectivity index (χ1v) is 12.2. The van der Waals surface area contributed by atoms with Crippen molar-refractivity contribution in [3.05, 3.63) is 12.7 Å². The van der Waals surface area contributed by atoms with Gasteiger partial charge in [0.15, 0.2) is 0 Å². The van der Waals surface area contributed by atoms with Crippen LogP contribution in [0.1, 0.15) is 13.2 Å². The van der Waals surface area contributed by atoms with Crippen molar-refractivity contribution in [1.82, 2.24) is 19.5 Å². The number of hydrogen-bond acceptors (Lipinski definition) is 9. The van der Waals surface area contributed by atoms with Crippen molar-refractivity contribution in [2.75, 3.05) is 12.3 Å². The quantitative estimate of drug-likeness (QED) is 0.477. The van der Waals surface area contributed by atoms with E-state index >= 15 is 0 Å². The Hall–Kier alpha value is -0.430. The molecular weight excluding hydrogens is 456 g/mol. The topological polar surface area (TPSA) is 118 Å². The molecule has 0 saturated carbocycles. The molecule has 12 heteroatoms. The van der Waals surface area contributed by atoms with Crippen LogP contribution in [0.4, 0.5) is 5.82 Å². The predicted molar refractivity (Wildman–Crippen MR) is 96.2 cm³/mol. The zero-order valence-electron chi connectivity index (χ0n) is 13.9. The second-order valence-electron chi connectivity index (χ2n) is 5.59. The van der Waals surface area contributed by atoms with Gasteiger partial charge < -0.3 is 0 Å². The molecule has 0 radical (unpaired) electrons. The Morgan fingerprint density at radius 1 is 1.70 bits per heavy atom. The van der Waals surface area contributed by atoms with Crippen molar-refractivity contribution in [3.8, 4) is 0 Å². The number of hydrogen-bond donors (Lipinski definition) is 2. The third kappa shape index (κ3) is 2.49. The number of imidazole rings is 1. The van der Waals surface area contributed by atoms with Crippen LogP contribution in [0.25, 0.3) is 11.2 Å². The first-order chi connectivity index (χ1) is 11.7. The Morgan fingerprint density at radius 3 is 3.30 bits per heavy atom. The number of nitrogen functional groups attached to an aromatic ring is 1. The number of nitrogens with zero attached hydrogens (tertiary/aromatic N) is 4. The van der Waals surface area contributed by atoms with Gasteiger partial charge in [-0.3, -0.25) is 0 Å². The molecule has 4 rings (SSSR count). The average Bonchev–Trinajstić information content (AvgIpc) is 3.08. The van der Waals surface area contributed by atoms with Crippen molar-refractivity contribution in [2.24, 2.45) is 0 Å². The molecule has 2 aliphatic rings. The molecule has 0 bridgehead atoms. The average molecular weight is 474 g/mol. The summed E-state index contributed by atoms with van der Waals surface area (Å²) in [4.78, 5) is 12.2. The monoisotopic (exact) mass is 474 g/mol. The van der Waals surface area contributed by atoms with Gasteiger partial charge in [0.05, 0.1) is 0 Å². The number of aromatic nitrogens is 4. The Morgan fingerprint density at radius 2 is 2.52 bits per heavy atom. The summed E-state index contributed by atoms with van der Waals surface area (Å²) in [5.41, 5.74) is 5.16. The summed E-state index contributed by atoms with van der Waals surface area (Å²) in [6.07, 6.45) is 0.568. The van der Waals surface area contributed by atoms with Gasteiger partial charge in [-0.1, -0.05) is 0 Å². The summed E-state index contributed by atoms with van der Waals surface area (Å²) in [7, 11) is 0. The summed E-state index contributed by atoms with van der Waals surface area (Å²) in [6.45, 7) is 1.65. The van der Waals surface area contributed by atoms with Crippen LogP contribution in [0.15, 0.2) is 12.7 Å². The molecule has 2 aromatic rings. The molecule has 2 aliphatic heterocycles. The third-order valence-electron chi connectivity index (χ3n) is 3.99. The van der Waals surface area contributed by atoms with E-state index in [1.165, 1.54) is 12.7 Å². The zero-order valence-corrected chi connectivity index (χ0v) is 15.7. The molecule has 126 valence electrons. The molecule has 9 nitrogen and oxygen atoms in total. The van der Waals surface area contributed by atoms with E-state index in [-0.39, 0.29) is 12.4 Å². The molecule has 2 fully saturated rings. The maximum absolute atomic E-state index is 11.1. The van der Waals surface area contributed by atoms with Crippen LogP contribution in [-0.2, 0) is 25.6 Å². The van der Waals surface area contributed by atoms with Crippen LogP contribution >= 0.6 is 25.8 Å². The van der Waals surface area contributed by atoms with Crippen LogP contribution in [0, 0.1) is 0 Å². The first kappa shape index (κ1) is 13.8. The van der Waals surface area contributed by atoms with Gasteiger partial charge >= 0.3 is 150 Å². The fraction of sp³-hybridized carbons (Fsp3) is 0.545. The molecule has 0 amide bonds. The van der Waals surface area contributed by atoms with Crippen LogP contribution in [0.5, 0.6) is 0 Å². The molecule has 0 aliphatic carbocycles. The van der Waals surface area contributed by atoms with Crippen molar-refractivity contribution in [3.63, 3.8) is 0 Å². The van der Waals surface area contributed by atoms with Gasteiger partial charge in [0, 0.05) is 0 Å². The van der Waals surface area contributed by atoms with E-state index < -0.39 is 49.8 Å². The predicted octanol–water partition coefficient (Wildman–Crippen LogP) is 0.596. The van der Waals surface area contributed by atoms with E-state index in [1.54, 1.807) is 11.5 Å². The van der Waals surface area contributed by atoms with E-state index in [0.29, 0.717) is 11.2 Å². The van der Waals surface area contributed by atoms with Crippen molar-refractivity contribution >= 4 is 54.6 Å². The Labute approximate surface area is 150 Å². The summed E-state index contributed by atoms with van der Waals surface area (Å²) in [6, 6.07) is 0. The van der Waals surface area contributed by atoms with Crippen molar-refractivity contribution < 1.29 is 18.9 Å². The van der Waals surface area contributed by atoms with Gasteiger partial charge in [-0.25, -0.2) is 0 Å². The fourth-order valence-electron chi connectivity index (χ4n) is 2.91. The second-order valence-corrected chi connectivity index (χ2v) is 14.1. The molecule has 0 spiro atoms. The minimum atomic E-state index is -3.03. The number of aliphatic hydroxyl groups is 1. The number of rotatable bonds is 2. The molecule has 2 aromatic heterocycles. The SMILES string of the molecule is [2H]I([3H])P1(=S)OC[C@H]2O[C@@H](n3cnc4c(N)ncnc43)[C@@](C)(O)C2O1. The molecule has 2 unspecified atom stereocenters. The standard InChI is InChI=1S/C11H15IN5O4PS/c1-11(18)7-5(2-19-22(12,23)21-7)20-10(11)17-4-16-6-8(13)14-3-15-9(6)17/h3-5,7,10,18H,2,12H2,1H3,(H2,13,14,15)/t5-,7?,10-,11+,22?/m1/s1/i12TD. The van der Waals surface area contributed by atoms with E-state index in [0.717, 1.165) is 0 Å². The molecular formula is C11H15IN5O4PS. The number of ether oxygens (including phenoxy) is 1. The fourth-order valence-corrected chi connectivity index (χ4v) is 5.59. The van der Waals surface area contributed by atoms with E-state index in [4.69, 9.17) is 32.5 Å². The molecule has 0 aromatic carbocycles. The van der Waals surface area contributed by atoms with Gasteiger partial charge in [0.2, 0.25) is 0 Å². The van der Waals surface area contributed by atoms with Crippen molar-refractivity contribution in [1.29, 1.82) is 1.19 Å². The molecule has 2 saturated heterocycles. The number of nitrogens with two attached hydrogens (primary N) is 1. The molecule has 23 heavy (non-hydrogen) atoms. The third-order valence-corrected chi connectivity index (χ3v) is 7.02. The molecule has 5 atom stereocenters. The summed E-state index contributed by atoms with van der Waals surface area (Å²) in [5, 5.41) is 11.1. The van der Waals surface area contributed by atoms with Gasteiger partial charge in [-0.05, 0) is 0 Å². The van der Waals surface area contributed by atoms with E-state index in [9.17, 15) is 5.11 Å². The number of fused-ring (bicyclic) bond motifs is 2. The molecule has 4 heterocycles. The van der Waals surface area contributed by atoms with Gasteiger partial charge in [-0.15, -0.1) is 0 Å². The maximum atomic E-state index is 11.1. The summed E-state index contributed by atoms with van der Waals surface area (Å²) >= 11 is 2.25. The zero-order chi connectivity index (χ0) is 18.0. The Bertz CT molecular complexity index is 885. The van der Waals surface area contributed by atoms with Gasteiger partial charge in [0.25, 0.3) is 0 Å². The Kier molecular flexibility index (Phi) is 3.17. The Balaban J connectivity index is 1.73. The van der Waals surface area contributed by atoms with Crippen LogP contribution in [-0.4, -0.2) is 50.2 Å². The van der Waals surface area contributed by atoms with Gasteiger partial charge in [-0.2, -0.15) is 0 Å².